The Labute approximate surface area is 174 Å². The lowest BCUT2D eigenvalue weighted by molar-refractivity contribution is -0.180. The standard InChI is InChI=1S/C24H24O6/c1-3-17(25)19-20(22(24(29)30)21(19)23(27)28)18(26)12-14-6-10-16(11-7-14)15-8-4-13(2)5-9-15/h4-11,19-22H,3,12H2,1-2H3,(H,27,28)(H,29,30). The Morgan fingerprint density at radius 1 is 0.700 bits per heavy atom. The van der Waals surface area contributed by atoms with Gasteiger partial charge in [-0.25, -0.2) is 0 Å². The molecule has 0 saturated heterocycles. The summed E-state index contributed by atoms with van der Waals surface area (Å²) in [6.45, 7) is 3.59. The molecule has 1 aliphatic rings. The maximum Gasteiger partial charge on any atom is 0.308 e. The number of hydrogen-bond acceptors (Lipinski definition) is 4. The van der Waals surface area contributed by atoms with Crippen LogP contribution in [0.3, 0.4) is 0 Å². The molecule has 156 valence electrons. The number of carbonyl (C=O) groups is 4. The summed E-state index contributed by atoms with van der Waals surface area (Å²) in [7, 11) is 0. The predicted molar refractivity (Wildman–Crippen MR) is 110 cm³/mol. The lowest BCUT2D eigenvalue weighted by Crippen LogP contribution is -2.60. The van der Waals surface area contributed by atoms with E-state index in [4.69, 9.17) is 0 Å². The zero-order valence-electron chi connectivity index (χ0n) is 16.9. The van der Waals surface area contributed by atoms with E-state index in [0.29, 0.717) is 5.56 Å². The second-order valence-electron chi connectivity index (χ2n) is 7.81. The minimum atomic E-state index is -1.37. The van der Waals surface area contributed by atoms with Crippen molar-refractivity contribution >= 4 is 23.5 Å². The normalized spacial score (nSPS) is 22.7. The maximum absolute atomic E-state index is 12.9. The molecule has 6 nitrogen and oxygen atoms in total. The molecule has 0 heterocycles. The molecule has 0 aliphatic heterocycles. The number of carboxylic acids is 2. The van der Waals surface area contributed by atoms with Crippen LogP contribution in [0, 0.1) is 30.6 Å². The number of carboxylic acid groups (broad SMARTS) is 2. The minimum Gasteiger partial charge on any atom is -0.481 e. The van der Waals surface area contributed by atoms with Crippen LogP contribution in [0.2, 0.25) is 0 Å². The third-order valence-corrected chi connectivity index (χ3v) is 5.93. The van der Waals surface area contributed by atoms with Gasteiger partial charge in [0, 0.05) is 24.7 Å². The van der Waals surface area contributed by atoms with E-state index in [1.165, 1.54) is 0 Å². The van der Waals surface area contributed by atoms with Crippen LogP contribution in [0.5, 0.6) is 0 Å². The van der Waals surface area contributed by atoms with Gasteiger partial charge in [0.05, 0.1) is 11.8 Å². The van der Waals surface area contributed by atoms with Gasteiger partial charge >= 0.3 is 11.9 Å². The largest absolute Gasteiger partial charge is 0.481 e. The quantitative estimate of drug-likeness (QED) is 0.693. The minimum absolute atomic E-state index is 0.0392. The molecule has 0 spiro atoms. The van der Waals surface area contributed by atoms with Gasteiger partial charge in [0.15, 0.2) is 0 Å². The van der Waals surface area contributed by atoms with Crippen molar-refractivity contribution < 1.29 is 29.4 Å². The smallest absolute Gasteiger partial charge is 0.308 e. The number of rotatable bonds is 8. The van der Waals surface area contributed by atoms with Crippen LogP contribution in [-0.4, -0.2) is 33.7 Å². The summed E-state index contributed by atoms with van der Waals surface area (Å²) < 4.78 is 0. The van der Waals surface area contributed by atoms with Gasteiger partial charge in [-0.2, -0.15) is 0 Å². The highest BCUT2D eigenvalue weighted by Gasteiger charge is 2.62. The van der Waals surface area contributed by atoms with Crippen LogP contribution >= 0.6 is 0 Å². The van der Waals surface area contributed by atoms with Gasteiger partial charge in [-0.05, 0) is 23.6 Å². The summed E-state index contributed by atoms with van der Waals surface area (Å²) in [6.07, 6.45) is 0.0261. The van der Waals surface area contributed by atoms with Crippen molar-refractivity contribution in [1.82, 2.24) is 0 Å². The summed E-state index contributed by atoms with van der Waals surface area (Å²) in [5.74, 6) is -8.39. The van der Waals surface area contributed by atoms with Crippen molar-refractivity contribution in [3.8, 4) is 11.1 Å². The fraction of sp³-hybridized carbons (Fsp3) is 0.333. The van der Waals surface area contributed by atoms with Crippen molar-refractivity contribution in [1.29, 1.82) is 0 Å². The highest BCUT2D eigenvalue weighted by molar-refractivity contribution is 6.01. The topological polar surface area (TPSA) is 109 Å². The summed E-state index contributed by atoms with van der Waals surface area (Å²) in [6, 6.07) is 15.4. The summed E-state index contributed by atoms with van der Waals surface area (Å²) in [4.78, 5) is 48.3. The zero-order chi connectivity index (χ0) is 22.0. The molecular weight excluding hydrogens is 384 g/mol. The van der Waals surface area contributed by atoms with Gasteiger partial charge in [0.1, 0.15) is 11.6 Å². The van der Waals surface area contributed by atoms with Crippen molar-refractivity contribution in [3.63, 3.8) is 0 Å². The van der Waals surface area contributed by atoms with Crippen molar-refractivity contribution in [2.24, 2.45) is 23.7 Å². The fourth-order valence-corrected chi connectivity index (χ4v) is 4.28. The monoisotopic (exact) mass is 408 g/mol. The fourth-order valence-electron chi connectivity index (χ4n) is 4.28. The molecule has 4 unspecified atom stereocenters. The number of aliphatic carboxylic acids is 2. The van der Waals surface area contributed by atoms with E-state index in [1.54, 1.807) is 19.1 Å². The summed E-state index contributed by atoms with van der Waals surface area (Å²) >= 11 is 0. The number of ketones is 2. The molecule has 2 aromatic rings. The molecule has 3 rings (SSSR count). The Morgan fingerprint density at radius 3 is 1.57 bits per heavy atom. The number of hydrogen-bond donors (Lipinski definition) is 2. The average molecular weight is 408 g/mol. The SMILES string of the molecule is CCC(=O)C1C(C(=O)O)C(C(=O)O)C1C(=O)Cc1ccc(-c2ccc(C)cc2)cc1. The van der Waals surface area contributed by atoms with Crippen LogP contribution in [0.15, 0.2) is 48.5 Å². The third-order valence-electron chi connectivity index (χ3n) is 5.93. The molecule has 1 saturated carbocycles. The highest BCUT2D eigenvalue weighted by Crippen LogP contribution is 2.48. The second-order valence-corrected chi connectivity index (χ2v) is 7.81. The number of Topliss-reactive ketones (excluding diaryl/α,β-unsaturated/α-hetero) is 2. The second kappa shape index (κ2) is 8.61. The van der Waals surface area contributed by atoms with Gasteiger partial charge in [-0.1, -0.05) is 61.0 Å². The Morgan fingerprint density at radius 2 is 1.13 bits per heavy atom. The van der Waals surface area contributed by atoms with Crippen LogP contribution < -0.4 is 0 Å². The first-order valence-corrected chi connectivity index (χ1v) is 9.91. The molecule has 2 aromatic carbocycles. The molecule has 1 aliphatic carbocycles. The first-order valence-electron chi connectivity index (χ1n) is 9.91. The Hall–Kier alpha value is -3.28. The molecule has 30 heavy (non-hydrogen) atoms. The Bertz CT molecular complexity index is 974. The predicted octanol–water partition coefficient (Wildman–Crippen LogP) is 3.40. The number of aryl methyl sites for hydroxylation is 1. The van der Waals surface area contributed by atoms with Crippen LogP contribution in [0.4, 0.5) is 0 Å². The molecule has 0 amide bonds. The molecule has 6 heteroatoms. The maximum atomic E-state index is 12.9. The molecule has 2 N–H and O–H groups in total. The number of benzene rings is 2. The van der Waals surface area contributed by atoms with Gasteiger partial charge in [0.2, 0.25) is 0 Å². The number of carbonyl (C=O) groups excluding carboxylic acids is 2. The van der Waals surface area contributed by atoms with Gasteiger partial charge < -0.3 is 10.2 Å². The van der Waals surface area contributed by atoms with Crippen molar-refractivity contribution in [2.75, 3.05) is 0 Å². The van der Waals surface area contributed by atoms with Gasteiger partial charge in [-0.3, -0.25) is 19.2 Å². The first kappa shape index (κ1) is 21.4. The molecular formula is C24H24O6. The average Bonchev–Trinajstić information content (AvgIpc) is 2.67. The summed E-state index contributed by atoms with van der Waals surface area (Å²) in [5, 5.41) is 18.9. The molecule has 0 radical (unpaired) electrons. The van der Waals surface area contributed by atoms with E-state index in [-0.39, 0.29) is 18.6 Å². The van der Waals surface area contributed by atoms with Crippen molar-refractivity contribution in [2.45, 2.75) is 26.7 Å². The van der Waals surface area contributed by atoms with E-state index < -0.39 is 41.4 Å². The molecule has 4 atom stereocenters. The third kappa shape index (κ3) is 4.03. The van der Waals surface area contributed by atoms with E-state index in [1.807, 2.05) is 43.3 Å². The first-order chi connectivity index (χ1) is 14.2. The van der Waals surface area contributed by atoms with E-state index >= 15 is 0 Å². The Kier molecular flexibility index (Phi) is 6.15. The Balaban J connectivity index is 1.79. The lowest BCUT2D eigenvalue weighted by atomic mass is 9.53. The van der Waals surface area contributed by atoms with Crippen LogP contribution in [0.25, 0.3) is 11.1 Å². The molecule has 1 fully saturated rings. The van der Waals surface area contributed by atoms with E-state index in [9.17, 15) is 29.4 Å². The van der Waals surface area contributed by atoms with Gasteiger partial charge in [-0.15, -0.1) is 0 Å². The molecule has 0 aromatic heterocycles. The van der Waals surface area contributed by atoms with E-state index in [2.05, 4.69) is 0 Å². The highest BCUT2D eigenvalue weighted by atomic mass is 16.4. The van der Waals surface area contributed by atoms with Gasteiger partial charge in [0.25, 0.3) is 0 Å². The summed E-state index contributed by atoms with van der Waals surface area (Å²) in [5.41, 5.74) is 3.89. The van der Waals surface area contributed by atoms with Crippen LogP contribution in [-0.2, 0) is 25.6 Å². The lowest BCUT2D eigenvalue weighted by Gasteiger charge is -2.45. The van der Waals surface area contributed by atoms with Crippen molar-refractivity contribution in [3.05, 3.63) is 59.7 Å². The van der Waals surface area contributed by atoms with Crippen LogP contribution in [0.1, 0.15) is 24.5 Å². The zero-order valence-corrected chi connectivity index (χ0v) is 16.9. The van der Waals surface area contributed by atoms with E-state index in [0.717, 1.165) is 16.7 Å². The molecule has 0 bridgehead atoms.